The first-order valence-corrected chi connectivity index (χ1v) is 14.3. The Morgan fingerprint density at radius 1 is 0.975 bits per heavy atom. The van der Waals surface area contributed by atoms with Gasteiger partial charge in [0.25, 0.3) is 0 Å². The van der Waals surface area contributed by atoms with Crippen molar-refractivity contribution >= 4 is 34.8 Å². The van der Waals surface area contributed by atoms with E-state index < -0.39 is 12.1 Å². The highest BCUT2D eigenvalue weighted by Gasteiger charge is 2.33. The Hall–Kier alpha value is -3.59. The van der Waals surface area contributed by atoms with E-state index in [1.54, 1.807) is 0 Å². The quantitative estimate of drug-likeness (QED) is 0.321. The molecule has 5 rings (SSSR count). The number of anilines is 2. The molecule has 1 fully saturated rings. The number of carbonyl (C=O) groups excluding carboxylic acids is 2. The van der Waals surface area contributed by atoms with Crippen LogP contribution in [0.25, 0.3) is 0 Å². The second kappa shape index (κ2) is 13.2. The topological polar surface area (TPSA) is 103 Å². The summed E-state index contributed by atoms with van der Waals surface area (Å²) in [4.78, 5) is 31.6. The maximum absolute atomic E-state index is 13.9. The number of halogens is 1. The monoisotopic (exact) mass is 560 g/mol. The van der Waals surface area contributed by atoms with Crippen LogP contribution in [0.1, 0.15) is 22.7 Å². The fourth-order valence-electron chi connectivity index (χ4n) is 5.54. The predicted molar refractivity (Wildman–Crippen MR) is 161 cm³/mol. The number of nitrogens with zero attached hydrogens (tertiary/aromatic N) is 2. The van der Waals surface area contributed by atoms with Crippen molar-refractivity contribution in [1.82, 2.24) is 15.5 Å². The Morgan fingerprint density at radius 2 is 1.70 bits per heavy atom. The van der Waals surface area contributed by atoms with Crippen LogP contribution in [0.3, 0.4) is 0 Å². The Bertz CT molecular complexity index is 1310. The zero-order valence-electron chi connectivity index (χ0n) is 22.6. The zero-order valence-corrected chi connectivity index (χ0v) is 23.4. The van der Waals surface area contributed by atoms with E-state index in [1.165, 1.54) is 5.56 Å². The van der Waals surface area contributed by atoms with Gasteiger partial charge in [0.15, 0.2) is 0 Å². The van der Waals surface area contributed by atoms with Crippen molar-refractivity contribution in [3.8, 4) is 0 Å². The van der Waals surface area contributed by atoms with Gasteiger partial charge in [-0.15, -0.1) is 0 Å². The smallest absolute Gasteiger partial charge is 0.245 e. The van der Waals surface area contributed by atoms with Crippen molar-refractivity contribution in [3.63, 3.8) is 0 Å². The van der Waals surface area contributed by atoms with Crippen molar-refractivity contribution in [1.29, 1.82) is 0 Å². The van der Waals surface area contributed by atoms with Gasteiger partial charge in [0.05, 0.1) is 11.4 Å². The lowest BCUT2D eigenvalue weighted by Crippen LogP contribution is -2.57. The maximum Gasteiger partial charge on any atom is 0.245 e. The first kappa shape index (κ1) is 28.0. The van der Waals surface area contributed by atoms with Crippen LogP contribution < -0.4 is 26.6 Å². The molecule has 0 bridgehead atoms. The van der Waals surface area contributed by atoms with E-state index in [2.05, 4.69) is 39.0 Å². The third-order valence-electron chi connectivity index (χ3n) is 7.63. The molecular weight excluding hydrogens is 524 g/mol. The number of para-hydroxylation sites is 2. The minimum atomic E-state index is -0.686. The number of benzene rings is 3. The van der Waals surface area contributed by atoms with Gasteiger partial charge in [-0.1, -0.05) is 60.1 Å². The summed E-state index contributed by atoms with van der Waals surface area (Å²) in [7, 11) is 0. The lowest BCUT2D eigenvalue weighted by molar-refractivity contribution is -0.137. The molecule has 1 unspecified atom stereocenters. The number of nitrogens with two attached hydrogens (primary N) is 1. The van der Waals surface area contributed by atoms with Gasteiger partial charge >= 0.3 is 0 Å². The predicted octanol–water partition coefficient (Wildman–Crippen LogP) is 2.97. The summed E-state index contributed by atoms with van der Waals surface area (Å²) in [5.41, 5.74) is 10.9. The number of amides is 2. The van der Waals surface area contributed by atoms with Gasteiger partial charge in [-0.25, -0.2) is 0 Å². The lowest BCUT2D eigenvalue weighted by atomic mass is 9.93. The molecule has 2 atom stereocenters. The molecule has 0 aliphatic carbocycles. The SMILES string of the molecule is NCCNc1ccccc1N1CCN(C(=O)[C@@H](Cc2ccc(Cl)cc2)NC(=O)C2NCCc3ccccc32)CC1. The summed E-state index contributed by atoms with van der Waals surface area (Å²) in [6.45, 7) is 4.51. The van der Waals surface area contributed by atoms with Crippen LogP contribution in [-0.2, 0) is 22.4 Å². The van der Waals surface area contributed by atoms with Crippen LogP contribution >= 0.6 is 11.6 Å². The van der Waals surface area contributed by atoms with Gasteiger partial charge in [0.2, 0.25) is 11.8 Å². The Labute approximate surface area is 240 Å². The zero-order chi connectivity index (χ0) is 27.9. The number of fused-ring (bicyclic) bond motifs is 1. The average Bonchev–Trinajstić information content (AvgIpc) is 3.00. The van der Waals surface area contributed by atoms with E-state index in [4.69, 9.17) is 17.3 Å². The highest BCUT2D eigenvalue weighted by atomic mass is 35.5. The number of carbonyl (C=O) groups is 2. The van der Waals surface area contributed by atoms with Crippen LogP contribution in [0.15, 0.2) is 72.8 Å². The molecule has 2 aliphatic heterocycles. The van der Waals surface area contributed by atoms with Crippen LogP contribution in [0.4, 0.5) is 11.4 Å². The molecule has 3 aromatic carbocycles. The molecule has 2 heterocycles. The molecule has 2 amide bonds. The van der Waals surface area contributed by atoms with Gasteiger partial charge in [0, 0.05) is 57.3 Å². The number of rotatable bonds is 9. The minimum Gasteiger partial charge on any atom is -0.382 e. The van der Waals surface area contributed by atoms with Crippen molar-refractivity contribution in [2.75, 3.05) is 56.0 Å². The van der Waals surface area contributed by atoms with Crippen LogP contribution in [0.5, 0.6) is 0 Å². The summed E-state index contributed by atoms with van der Waals surface area (Å²) >= 11 is 6.10. The fourth-order valence-corrected chi connectivity index (χ4v) is 5.67. The Kier molecular flexibility index (Phi) is 9.21. The molecule has 5 N–H and O–H groups in total. The van der Waals surface area contributed by atoms with E-state index in [-0.39, 0.29) is 11.8 Å². The molecular formula is C31H37ClN6O2. The van der Waals surface area contributed by atoms with Crippen molar-refractivity contribution in [3.05, 3.63) is 94.5 Å². The molecule has 40 heavy (non-hydrogen) atoms. The molecule has 0 saturated carbocycles. The molecule has 0 spiro atoms. The van der Waals surface area contributed by atoms with Gasteiger partial charge in [-0.05, 0) is 47.4 Å². The normalized spacial score (nSPS) is 17.6. The van der Waals surface area contributed by atoms with E-state index in [0.29, 0.717) is 57.3 Å². The molecule has 0 aromatic heterocycles. The molecule has 1 saturated heterocycles. The number of piperazine rings is 1. The third-order valence-corrected chi connectivity index (χ3v) is 7.89. The van der Waals surface area contributed by atoms with Crippen molar-refractivity contribution < 1.29 is 9.59 Å². The largest absolute Gasteiger partial charge is 0.382 e. The summed E-state index contributed by atoms with van der Waals surface area (Å²) in [6, 6.07) is 22.4. The second-order valence-electron chi connectivity index (χ2n) is 10.3. The molecule has 9 heteroatoms. The molecule has 0 radical (unpaired) electrons. The van der Waals surface area contributed by atoms with Crippen LogP contribution in [0, 0.1) is 0 Å². The van der Waals surface area contributed by atoms with Gasteiger partial charge in [-0.2, -0.15) is 0 Å². The van der Waals surface area contributed by atoms with E-state index >= 15 is 0 Å². The van der Waals surface area contributed by atoms with Crippen molar-refractivity contribution in [2.24, 2.45) is 5.73 Å². The van der Waals surface area contributed by atoms with Crippen LogP contribution in [-0.4, -0.2) is 68.6 Å². The van der Waals surface area contributed by atoms with Gasteiger partial charge < -0.3 is 31.5 Å². The number of hydrogen-bond donors (Lipinski definition) is 4. The molecule has 210 valence electrons. The number of nitrogens with one attached hydrogen (secondary N) is 3. The second-order valence-corrected chi connectivity index (χ2v) is 10.7. The fraction of sp³-hybridized carbons (Fsp3) is 0.355. The molecule has 2 aliphatic rings. The standard InChI is InChI=1S/C31H37ClN6O2/c32-24-11-9-22(10-12-24)21-27(36-30(39)29-25-6-2-1-5-23(25)13-15-35-29)31(40)38-19-17-37(18-20-38)28-8-4-3-7-26(28)34-16-14-33/h1-12,27,29,34-35H,13-21,33H2,(H,36,39)/t27-,29?/m1/s1. The lowest BCUT2D eigenvalue weighted by Gasteiger charge is -2.38. The summed E-state index contributed by atoms with van der Waals surface area (Å²) in [5.74, 6) is -0.250. The average molecular weight is 561 g/mol. The van der Waals surface area contributed by atoms with E-state index in [9.17, 15) is 9.59 Å². The highest BCUT2D eigenvalue weighted by molar-refractivity contribution is 6.30. The Morgan fingerprint density at radius 3 is 2.48 bits per heavy atom. The first-order valence-electron chi connectivity index (χ1n) is 14.0. The summed E-state index contributed by atoms with van der Waals surface area (Å²) < 4.78 is 0. The minimum absolute atomic E-state index is 0.0680. The highest BCUT2D eigenvalue weighted by Crippen LogP contribution is 2.27. The maximum atomic E-state index is 13.9. The molecule has 3 aromatic rings. The Balaban J connectivity index is 1.30. The molecule has 8 nitrogen and oxygen atoms in total. The first-order chi connectivity index (χ1) is 19.5. The van der Waals surface area contributed by atoms with Gasteiger partial charge in [-0.3, -0.25) is 9.59 Å². The summed E-state index contributed by atoms with van der Waals surface area (Å²) in [6.07, 6.45) is 1.27. The van der Waals surface area contributed by atoms with Crippen molar-refractivity contribution in [2.45, 2.75) is 24.9 Å². The summed E-state index contributed by atoms with van der Waals surface area (Å²) in [5, 5.41) is 10.5. The third kappa shape index (κ3) is 6.58. The van der Waals surface area contributed by atoms with Crippen LogP contribution in [0.2, 0.25) is 5.02 Å². The van der Waals surface area contributed by atoms with Gasteiger partial charge in [0.1, 0.15) is 12.1 Å². The van der Waals surface area contributed by atoms with E-state index in [0.717, 1.165) is 28.9 Å². The van der Waals surface area contributed by atoms with E-state index in [1.807, 2.05) is 59.5 Å². The number of hydrogen-bond acceptors (Lipinski definition) is 6.